The molecule has 1 N–H and O–H groups in total. The molecule has 1 saturated heterocycles. The van der Waals surface area contributed by atoms with Crippen molar-refractivity contribution in [3.8, 4) is 0 Å². The lowest BCUT2D eigenvalue weighted by molar-refractivity contribution is -0.129. The zero-order valence-corrected chi connectivity index (χ0v) is 4.81. The Bertz CT molecular complexity index is 94.6. The van der Waals surface area contributed by atoms with E-state index in [-0.39, 0.29) is 11.9 Å². The van der Waals surface area contributed by atoms with E-state index in [9.17, 15) is 4.79 Å². The van der Waals surface area contributed by atoms with Gasteiger partial charge in [-0.1, -0.05) is 0 Å². The summed E-state index contributed by atoms with van der Waals surface area (Å²) in [5, 5.41) is 2.68. The van der Waals surface area contributed by atoms with E-state index in [1.165, 1.54) is 0 Å². The second kappa shape index (κ2) is 2.13. The maximum atomic E-state index is 10.2. The van der Waals surface area contributed by atoms with Crippen LogP contribution in [-0.4, -0.2) is 25.7 Å². The minimum Gasteiger partial charge on any atom is -0.383 e. The second-order valence-corrected chi connectivity index (χ2v) is 1.92. The van der Waals surface area contributed by atoms with Crippen molar-refractivity contribution in [2.45, 2.75) is 12.5 Å². The van der Waals surface area contributed by atoms with Crippen molar-refractivity contribution in [2.24, 2.45) is 0 Å². The standard InChI is InChI=1S/C5H9NO2/c1-8-3-4-2-5(7)6-4/h4H,2-3H2,1H3,(H,6,7)/t4-/m0/s1. The Morgan fingerprint density at radius 2 is 2.62 bits per heavy atom. The lowest BCUT2D eigenvalue weighted by Gasteiger charge is -2.25. The van der Waals surface area contributed by atoms with Gasteiger partial charge in [0.05, 0.1) is 12.6 Å². The molecule has 0 aromatic heterocycles. The molecule has 1 aliphatic rings. The number of carbonyl (C=O) groups excluding carboxylic acids is 1. The van der Waals surface area contributed by atoms with Gasteiger partial charge in [-0.15, -0.1) is 0 Å². The van der Waals surface area contributed by atoms with Crippen LogP contribution in [0.4, 0.5) is 0 Å². The van der Waals surface area contributed by atoms with Crippen LogP contribution in [0.25, 0.3) is 0 Å². The van der Waals surface area contributed by atoms with Gasteiger partial charge in [-0.05, 0) is 0 Å². The van der Waals surface area contributed by atoms with Crippen LogP contribution in [-0.2, 0) is 9.53 Å². The molecule has 0 unspecified atom stereocenters. The average molecular weight is 115 g/mol. The molecular weight excluding hydrogens is 106 g/mol. The molecule has 0 aromatic carbocycles. The first-order chi connectivity index (χ1) is 3.83. The van der Waals surface area contributed by atoms with Crippen molar-refractivity contribution < 1.29 is 9.53 Å². The van der Waals surface area contributed by atoms with Gasteiger partial charge >= 0.3 is 0 Å². The Kier molecular flexibility index (Phi) is 1.48. The summed E-state index contributed by atoms with van der Waals surface area (Å²) in [6, 6.07) is 0.285. The number of methoxy groups -OCH3 is 1. The monoisotopic (exact) mass is 115 g/mol. The Labute approximate surface area is 48.0 Å². The van der Waals surface area contributed by atoms with Crippen molar-refractivity contribution in [1.82, 2.24) is 5.32 Å². The predicted octanol–water partition coefficient (Wildman–Crippen LogP) is -0.479. The minimum absolute atomic E-state index is 0.132. The number of hydrogen-bond donors (Lipinski definition) is 1. The van der Waals surface area contributed by atoms with Crippen LogP contribution in [0, 0.1) is 0 Å². The number of carbonyl (C=O) groups is 1. The molecule has 46 valence electrons. The lowest BCUT2D eigenvalue weighted by Crippen LogP contribution is -2.50. The fourth-order valence-electron chi connectivity index (χ4n) is 0.732. The summed E-state index contributed by atoms with van der Waals surface area (Å²) >= 11 is 0. The van der Waals surface area contributed by atoms with Gasteiger partial charge < -0.3 is 10.1 Å². The van der Waals surface area contributed by atoms with Crippen molar-refractivity contribution >= 4 is 5.91 Å². The van der Waals surface area contributed by atoms with Crippen molar-refractivity contribution in [3.63, 3.8) is 0 Å². The van der Waals surface area contributed by atoms with Gasteiger partial charge in [-0.25, -0.2) is 0 Å². The van der Waals surface area contributed by atoms with Crippen LogP contribution in [0.15, 0.2) is 0 Å². The minimum atomic E-state index is 0.132. The molecule has 8 heavy (non-hydrogen) atoms. The quantitative estimate of drug-likeness (QED) is 0.494. The van der Waals surface area contributed by atoms with Crippen LogP contribution in [0.2, 0.25) is 0 Å². The molecule has 0 aliphatic carbocycles. The number of ether oxygens (including phenoxy) is 1. The molecule has 0 radical (unpaired) electrons. The molecular formula is C5H9NO2. The van der Waals surface area contributed by atoms with E-state index in [1.807, 2.05) is 0 Å². The first kappa shape index (κ1) is 5.56. The highest BCUT2D eigenvalue weighted by molar-refractivity contribution is 5.82. The smallest absolute Gasteiger partial charge is 0.222 e. The molecule has 1 rings (SSSR count). The molecule has 1 fully saturated rings. The van der Waals surface area contributed by atoms with E-state index >= 15 is 0 Å². The maximum absolute atomic E-state index is 10.2. The average Bonchev–Trinajstić information content (AvgIpc) is 1.64. The van der Waals surface area contributed by atoms with Gasteiger partial charge in [0.15, 0.2) is 0 Å². The van der Waals surface area contributed by atoms with Crippen LogP contribution < -0.4 is 5.32 Å². The maximum Gasteiger partial charge on any atom is 0.222 e. The Morgan fingerprint density at radius 3 is 3.00 bits per heavy atom. The van der Waals surface area contributed by atoms with Gasteiger partial charge in [0.25, 0.3) is 0 Å². The summed E-state index contributed by atoms with van der Waals surface area (Å²) in [4.78, 5) is 10.2. The highest BCUT2D eigenvalue weighted by atomic mass is 16.5. The Balaban J connectivity index is 2.06. The summed E-state index contributed by atoms with van der Waals surface area (Å²) < 4.78 is 4.78. The summed E-state index contributed by atoms with van der Waals surface area (Å²) in [7, 11) is 1.63. The topological polar surface area (TPSA) is 38.3 Å². The summed E-state index contributed by atoms with van der Waals surface area (Å²) in [6.45, 7) is 0.645. The van der Waals surface area contributed by atoms with E-state index in [4.69, 9.17) is 4.74 Å². The third-order valence-electron chi connectivity index (χ3n) is 1.16. The SMILES string of the molecule is COC[C@@H]1CC(=O)N1. The molecule has 0 aromatic rings. The molecule has 3 heteroatoms. The molecule has 0 bridgehead atoms. The Morgan fingerprint density at radius 1 is 2.00 bits per heavy atom. The molecule has 1 heterocycles. The van der Waals surface area contributed by atoms with Crippen molar-refractivity contribution in [3.05, 3.63) is 0 Å². The first-order valence-electron chi connectivity index (χ1n) is 2.61. The molecule has 1 atom stereocenters. The van der Waals surface area contributed by atoms with Crippen LogP contribution in [0.3, 0.4) is 0 Å². The van der Waals surface area contributed by atoms with Crippen molar-refractivity contribution in [2.75, 3.05) is 13.7 Å². The largest absolute Gasteiger partial charge is 0.383 e. The number of hydrogen-bond acceptors (Lipinski definition) is 2. The highest BCUT2D eigenvalue weighted by Gasteiger charge is 2.24. The van der Waals surface area contributed by atoms with E-state index in [2.05, 4.69) is 5.32 Å². The van der Waals surface area contributed by atoms with Gasteiger partial charge in [-0.3, -0.25) is 4.79 Å². The highest BCUT2D eigenvalue weighted by Crippen LogP contribution is 2.02. The third-order valence-corrected chi connectivity index (χ3v) is 1.16. The summed E-state index contributed by atoms with van der Waals surface area (Å²) in [5.41, 5.74) is 0. The first-order valence-corrected chi connectivity index (χ1v) is 2.61. The van der Waals surface area contributed by atoms with Gasteiger partial charge in [-0.2, -0.15) is 0 Å². The third kappa shape index (κ3) is 0.980. The summed E-state index contributed by atoms with van der Waals surface area (Å²) in [5.74, 6) is 0.132. The zero-order chi connectivity index (χ0) is 5.98. The predicted molar refractivity (Wildman–Crippen MR) is 28.4 cm³/mol. The summed E-state index contributed by atoms with van der Waals surface area (Å²) in [6.07, 6.45) is 0.633. The fourth-order valence-corrected chi connectivity index (χ4v) is 0.732. The number of amides is 1. The number of nitrogens with one attached hydrogen (secondary N) is 1. The molecule has 1 amide bonds. The lowest BCUT2D eigenvalue weighted by atomic mass is 10.1. The molecule has 1 aliphatic heterocycles. The van der Waals surface area contributed by atoms with E-state index in [0.29, 0.717) is 13.0 Å². The van der Waals surface area contributed by atoms with Crippen LogP contribution in [0.1, 0.15) is 6.42 Å². The molecule has 3 nitrogen and oxygen atoms in total. The zero-order valence-electron chi connectivity index (χ0n) is 4.81. The van der Waals surface area contributed by atoms with Gasteiger partial charge in [0.1, 0.15) is 0 Å². The van der Waals surface area contributed by atoms with E-state index < -0.39 is 0 Å². The van der Waals surface area contributed by atoms with Crippen LogP contribution in [0.5, 0.6) is 0 Å². The molecule has 0 saturated carbocycles. The van der Waals surface area contributed by atoms with Gasteiger partial charge in [0.2, 0.25) is 5.91 Å². The Hall–Kier alpha value is -0.570. The van der Waals surface area contributed by atoms with E-state index in [1.54, 1.807) is 7.11 Å². The van der Waals surface area contributed by atoms with Crippen molar-refractivity contribution in [1.29, 1.82) is 0 Å². The van der Waals surface area contributed by atoms with E-state index in [0.717, 1.165) is 0 Å². The number of β-lactam (4-membered cyclic amide) rings is 1. The number of rotatable bonds is 2. The van der Waals surface area contributed by atoms with Crippen LogP contribution >= 0.6 is 0 Å². The second-order valence-electron chi connectivity index (χ2n) is 1.92. The van der Waals surface area contributed by atoms with Gasteiger partial charge in [0, 0.05) is 13.5 Å². The normalized spacial score (nSPS) is 26.6. The molecule has 0 spiro atoms. The fraction of sp³-hybridized carbons (Fsp3) is 0.800.